The molecule has 3 heterocycles. The molecule has 1 N–H and O–H groups in total. The molecule has 3 aliphatic heterocycles. The van der Waals surface area contributed by atoms with Crippen molar-refractivity contribution >= 4 is 17.7 Å². The van der Waals surface area contributed by atoms with Crippen molar-refractivity contribution in [3.63, 3.8) is 0 Å². The molecule has 5 rings (SSSR count). The summed E-state index contributed by atoms with van der Waals surface area (Å²) in [5.41, 5.74) is 2.58. The molecule has 0 aromatic heterocycles. The highest BCUT2D eigenvalue weighted by Gasteiger charge is 2.39. The van der Waals surface area contributed by atoms with E-state index in [1.54, 1.807) is 29.2 Å². The van der Waals surface area contributed by atoms with Gasteiger partial charge in [0, 0.05) is 29.9 Å². The van der Waals surface area contributed by atoms with Gasteiger partial charge in [-0.2, -0.15) is 0 Å². The van der Waals surface area contributed by atoms with Gasteiger partial charge in [0.25, 0.3) is 5.91 Å². The van der Waals surface area contributed by atoms with Crippen molar-refractivity contribution in [2.75, 3.05) is 19.8 Å². The predicted molar refractivity (Wildman–Crippen MR) is 124 cm³/mol. The Morgan fingerprint density at radius 3 is 2.85 bits per heavy atom. The lowest BCUT2D eigenvalue weighted by Gasteiger charge is -2.31. The van der Waals surface area contributed by atoms with E-state index in [0.717, 1.165) is 4.90 Å². The molecule has 34 heavy (non-hydrogen) atoms. The van der Waals surface area contributed by atoms with Crippen molar-refractivity contribution in [1.29, 1.82) is 0 Å². The van der Waals surface area contributed by atoms with Gasteiger partial charge in [0.2, 0.25) is 11.8 Å². The molecule has 0 bridgehead atoms. The molecule has 2 aromatic rings. The van der Waals surface area contributed by atoms with Crippen molar-refractivity contribution in [3.05, 3.63) is 77.0 Å². The minimum absolute atomic E-state index is 0.0464. The molecule has 1 unspecified atom stereocenters. The van der Waals surface area contributed by atoms with Gasteiger partial charge in [-0.05, 0) is 36.1 Å². The number of hydrogen-bond acceptors (Lipinski definition) is 5. The van der Waals surface area contributed by atoms with Crippen molar-refractivity contribution < 1.29 is 28.0 Å². The number of piperidine rings is 1. The zero-order valence-electron chi connectivity index (χ0n) is 21.6. The molecule has 0 saturated carbocycles. The van der Waals surface area contributed by atoms with E-state index >= 15 is 0 Å². The maximum absolute atomic E-state index is 13.1. The summed E-state index contributed by atoms with van der Waals surface area (Å²) in [4.78, 5) is 40.3. The summed E-state index contributed by atoms with van der Waals surface area (Å²) in [6.45, 7) is 2.18. The second-order valence-electron chi connectivity index (χ2n) is 8.47. The highest BCUT2D eigenvalue weighted by Crippen LogP contribution is 2.34. The van der Waals surface area contributed by atoms with Gasteiger partial charge in [0.05, 0.1) is 17.3 Å². The molecule has 176 valence electrons. The average Bonchev–Trinajstić information content (AvgIpc) is 3.19. The van der Waals surface area contributed by atoms with E-state index in [0.29, 0.717) is 41.0 Å². The van der Waals surface area contributed by atoms with Gasteiger partial charge in [-0.3, -0.25) is 14.4 Å². The fourth-order valence-electron chi connectivity index (χ4n) is 4.33. The number of carbonyl (C=O) groups is 3. The standard InChI is InChI=1S/C26H27N3O5/c1-17-5-10-22(25(31)27-17)29-14-21-20(26(29)32)3-2-4-23(21)34-15-19-8-6-18(7-9-19)13-28-11-12-33-16-24(28)30/h2-4,6-9,22H,1,5,10-16H2,(H,27,31)/i6D,13D2. The van der Waals surface area contributed by atoms with E-state index in [1.165, 1.54) is 12.1 Å². The van der Waals surface area contributed by atoms with E-state index in [1.807, 2.05) is 0 Å². The zero-order valence-corrected chi connectivity index (χ0v) is 18.6. The normalized spacial score (nSPS) is 22.1. The molecule has 3 aliphatic rings. The van der Waals surface area contributed by atoms with Crippen LogP contribution < -0.4 is 10.1 Å². The van der Waals surface area contributed by atoms with Gasteiger partial charge >= 0.3 is 0 Å². The molecular weight excluding hydrogens is 434 g/mol. The Morgan fingerprint density at radius 2 is 2.06 bits per heavy atom. The molecule has 2 fully saturated rings. The Kier molecular flexibility index (Phi) is 5.13. The van der Waals surface area contributed by atoms with Gasteiger partial charge in [0.1, 0.15) is 25.0 Å². The zero-order chi connectivity index (χ0) is 26.3. The molecule has 8 heteroatoms. The van der Waals surface area contributed by atoms with E-state index < -0.39 is 18.4 Å². The van der Waals surface area contributed by atoms with Crippen molar-refractivity contribution in [2.45, 2.75) is 38.5 Å². The van der Waals surface area contributed by atoms with E-state index in [4.69, 9.17) is 13.6 Å². The summed E-state index contributed by atoms with van der Waals surface area (Å²) < 4.78 is 36.4. The van der Waals surface area contributed by atoms with Gasteiger partial charge in [0.15, 0.2) is 0 Å². The molecule has 3 amide bonds. The largest absolute Gasteiger partial charge is 0.489 e. The van der Waals surface area contributed by atoms with Gasteiger partial charge < -0.3 is 24.6 Å². The van der Waals surface area contributed by atoms with Crippen LogP contribution in [0.1, 0.15) is 44.0 Å². The minimum Gasteiger partial charge on any atom is -0.489 e. The molecule has 2 aromatic carbocycles. The van der Waals surface area contributed by atoms with Gasteiger partial charge in [-0.15, -0.1) is 0 Å². The fourth-order valence-corrected chi connectivity index (χ4v) is 4.33. The second kappa shape index (κ2) is 9.30. The number of ether oxygens (including phenoxy) is 2. The van der Waals surface area contributed by atoms with Crippen LogP contribution in [0.2, 0.25) is 0 Å². The highest BCUT2D eigenvalue weighted by atomic mass is 16.5. The first kappa shape index (κ1) is 18.7. The average molecular weight is 465 g/mol. The maximum Gasteiger partial charge on any atom is 0.255 e. The minimum atomic E-state index is -2.14. The number of hydrogen-bond donors (Lipinski definition) is 1. The number of carbonyl (C=O) groups excluding carboxylic acids is 3. The molecule has 0 spiro atoms. The number of nitrogens with zero attached hydrogens (tertiary/aromatic N) is 2. The van der Waals surface area contributed by atoms with Crippen LogP contribution in [-0.2, 0) is 34.0 Å². The first-order valence-electron chi connectivity index (χ1n) is 12.7. The number of fused-ring (bicyclic) bond motifs is 1. The van der Waals surface area contributed by atoms with Crippen LogP contribution in [0, 0.1) is 0 Å². The Morgan fingerprint density at radius 1 is 1.21 bits per heavy atom. The van der Waals surface area contributed by atoms with Crippen LogP contribution >= 0.6 is 0 Å². The lowest BCUT2D eigenvalue weighted by Crippen LogP contribution is -2.49. The lowest BCUT2D eigenvalue weighted by molar-refractivity contribution is -0.143. The number of benzene rings is 2. The Balaban J connectivity index is 1.30. The van der Waals surface area contributed by atoms with Gasteiger partial charge in [-0.1, -0.05) is 36.9 Å². The quantitative estimate of drug-likeness (QED) is 0.709. The molecule has 0 aliphatic carbocycles. The maximum atomic E-state index is 13.1. The summed E-state index contributed by atoms with van der Waals surface area (Å²) in [7, 11) is 0. The van der Waals surface area contributed by atoms with E-state index in [-0.39, 0.29) is 56.3 Å². The number of rotatable bonds is 6. The Labute approximate surface area is 202 Å². The molecule has 0 radical (unpaired) electrons. The van der Waals surface area contributed by atoms with E-state index in [2.05, 4.69) is 11.9 Å². The highest BCUT2D eigenvalue weighted by molar-refractivity contribution is 6.02. The SMILES string of the molecule is [2H]c1cc(COc2cccc3c2CN(C2CCC(=C)NC2=O)C3=O)ccc1C([2H])([2H])N1CCOCC1=O. The number of nitrogens with one attached hydrogen (secondary N) is 1. The van der Waals surface area contributed by atoms with Crippen LogP contribution in [0.5, 0.6) is 5.75 Å². The number of allylic oxidation sites excluding steroid dienone is 1. The predicted octanol–water partition coefficient (Wildman–Crippen LogP) is 2.37. The molecule has 2 saturated heterocycles. The second-order valence-corrected chi connectivity index (χ2v) is 8.47. The third kappa shape index (κ3) is 4.41. The van der Waals surface area contributed by atoms with Crippen LogP contribution in [0.4, 0.5) is 0 Å². The summed E-state index contributed by atoms with van der Waals surface area (Å²) in [6.07, 6.45) is 1.13. The first-order valence-corrected chi connectivity index (χ1v) is 11.2. The summed E-state index contributed by atoms with van der Waals surface area (Å²) >= 11 is 0. The van der Waals surface area contributed by atoms with Gasteiger partial charge in [-0.25, -0.2) is 0 Å². The van der Waals surface area contributed by atoms with E-state index in [9.17, 15) is 14.4 Å². The number of amides is 3. The third-order valence-corrected chi connectivity index (χ3v) is 6.16. The summed E-state index contributed by atoms with van der Waals surface area (Å²) in [6, 6.07) is 9.27. The topological polar surface area (TPSA) is 88.2 Å². The summed E-state index contributed by atoms with van der Waals surface area (Å²) in [5.74, 6) is -0.397. The van der Waals surface area contributed by atoms with Crippen molar-refractivity contribution in [2.24, 2.45) is 0 Å². The fraction of sp³-hybridized carbons (Fsp3) is 0.346. The van der Waals surface area contributed by atoms with Crippen molar-refractivity contribution in [3.8, 4) is 5.75 Å². The van der Waals surface area contributed by atoms with Crippen LogP contribution in [-0.4, -0.2) is 53.3 Å². The summed E-state index contributed by atoms with van der Waals surface area (Å²) in [5, 5.41) is 2.73. The van der Waals surface area contributed by atoms with Crippen LogP contribution in [0.15, 0.2) is 54.7 Å². The Bertz CT molecular complexity index is 1300. The Hall–Kier alpha value is -3.65. The molecular formula is C26H27N3O5. The molecule has 1 atom stereocenters. The van der Waals surface area contributed by atoms with Crippen LogP contribution in [0.25, 0.3) is 0 Å². The number of morpholine rings is 1. The smallest absolute Gasteiger partial charge is 0.255 e. The molecule has 8 nitrogen and oxygen atoms in total. The monoisotopic (exact) mass is 464 g/mol. The third-order valence-electron chi connectivity index (χ3n) is 6.16. The van der Waals surface area contributed by atoms with Crippen molar-refractivity contribution in [1.82, 2.24) is 15.1 Å². The first-order chi connectivity index (χ1) is 17.7. The lowest BCUT2D eigenvalue weighted by atomic mass is 10.0. The van der Waals surface area contributed by atoms with Crippen LogP contribution in [0.3, 0.4) is 0 Å².